The molecule has 0 fully saturated rings. The van der Waals surface area contributed by atoms with Gasteiger partial charge in [-0.05, 0) is 47.0 Å². The number of methoxy groups -OCH3 is 1. The van der Waals surface area contributed by atoms with E-state index < -0.39 is 6.10 Å². The molecule has 0 saturated heterocycles. The van der Waals surface area contributed by atoms with E-state index in [0.29, 0.717) is 0 Å². The third-order valence-electron chi connectivity index (χ3n) is 4.64. The van der Waals surface area contributed by atoms with E-state index in [4.69, 9.17) is 4.74 Å². The van der Waals surface area contributed by atoms with Gasteiger partial charge in [0.15, 0.2) is 0 Å². The van der Waals surface area contributed by atoms with Gasteiger partial charge in [0.1, 0.15) is 5.75 Å². The topological polar surface area (TPSA) is 58.6 Å². The number of aliphatic hydroxyl groups excluding tert-OH is 1. The van der Waals surface area contributed by atoms with Crippen molar-refractivity contribution in [3.63, 3.8) is 0 Å². The molecular formula is C22H23NO3. The van der Waals surface area contributed by atoms with Gasteiger partial charge in [0, 0.05) is 6.54 Å². The molecule has 0 radical (unpaired) electrons. The Bertz CT molecular complexity index is 889. The zero-order chi connectivity index (χ0) is 18.5. The lowest BCUT2D eigenvalue weighted by atomic mass is 9.99. The molecule has 3 aromatic rings. The second kappa shape index (κ2) is 8.02. The van der Waals surface area contributed by atoms with E-state index in [1.54, 1.807) is 7.11 Å². The Morgan fingerprint density at radius 1 is 1.00 bits per heavy atom. The van der Waals surface area contributed by atoms with Gasteiger partial charge in [-0.25, -0.2) is 0 Å². The molecule has 0 aliphatic rings. The van der Waals surface area contributed by atoms with Crippen LogP contribution in [0.1, 0.15) is 30.1 Å². The summed E-state index contributed by atoms with van der Waals surface area (Å²) in [5.41, 5.74) is 1.70. The van der Waals surface area contributed by atoms with Crippen LogP contribution >= 0.6 is 0 Å². The average Bonchev–Trinajstić information content (AvgIpc) is 2.70. The first kappa shape index (κ1) is 18.0. The number of ether oxygens (including phenoxy) is 1. The first-order valence-electron chi connectivity index (χ1n) is 8.67. The number of rotatable bonds is 6. The Morgan fingerprint density at radius 2 is 1.65 bits per heavy atom. The number of carbonyl (C=O) groups excluding carboxylic acids is 1. The third kappa shape index (κ3) is 4.03. The molecular weight excluding hydrogens is 326 g/mol. The van der Waals surface area contributed by atoms with Crippen LogP contribution < -0.4 is 10.1 Å². The highest BCUT2D eigenvalue weighted by atomic mass is 16.5. The van der Waals surface area contributed by atoms with Crippen molar-refractivity contribution in [2.75, 3.05) is 13.7 Å². The molecule has 2 N–H and O–H groups in total. The van der Waals surface area contributed by atoms with Crippen LogP contribution in [0.3, 0.4) is 0 Å². The zero-order valence-electron chi connectivity index (χ0n) is 15.0. The molecule has 2 atom stereocenters. The van der Waals surface area contributed by atoms with Crippen molar-refractivity contribution in [2.24, 2.45) is 0 Å². The Balaban J connectivity index is 1.61. The molecule has 26 heavy (non-hydrogen) atoms. The van der Waals surface area contributed by atoms with E-state index >= 15 is 0 Å². The fourth-order valence-electron chi connectivity index (χ4n) is 2.93. The van der Waals surface area contributed by atoms with E-state index in [2.05, 4.69) is 5.32 Å². The van der Waals surface area contributed by atoms with Crippen LogP contribution in [0, 0.1) is 0 Å². The summed E-state index contributed by atoms with van der Waals surface area (Å²) in [7, 11) is 1.61. The summed E-state index contributed by atoms with van der Waals surface area (Å²) in [4.78, 5) is 12.4. The predicted octanol–water partition coefficient (Wildman–Crippen LogP) is 3.80. The molecule has 3 aromatic carbocycles. The summed E-state index contributed by atoms with van der Waals surface area (Å²) < 4.78 is 5.13. The van der Waals surface area contributed by atoms with Crippen LogP contribution in [-0.2, 0) is 4.79 Å². The Morgan fingerprint density at radius 3 is 2.35 bits per heavy atom. The fourth-order valence-corrected chi connectivity index (χ4v) is 2.93. The minimum absolute atomic E-state index is 0.116. The highest BCUT2D eigenvalue weighted by molar-refractivity contribution is 5.84. The lowest BCUT2D eigenvalue weighted by Gasteiger charge is -2.16. The molecule has 2 unspecified atom stereocenters. The largest absolute Gasteiger partial charge is 0.497 e. The minimum Gasteiger partial charge on any atom is -0.497 e. The summed E-state index contributed by atoms with van der Waals surface area (Å²) in [5, 5.41) is 15.5. The maximum Gasteiger partial charge on any atom is 0.227 e. The normalized spacial score (nSPS) is 13.2. The minimum atomic E-state index is -0.744. The average molecular weight is 349 g/mol. The van der Waals surface area contributed by atoms with E-state index in [-0.39, 0.29) is 18.4 Å². The van der Waals surface area contributed by atoms with E-state index in [1.165, 1.54) is 0 Å². The van der Waals surface area contributed by atoms with E-state index in [0.717, 1.165) is 27.6 Å². The maximum absolute atomic E-state index is 12.4. The molecule has 0 aliphatic heterocycles. The first-order valence-corrected chi connectivity index (χ1v) is 8.67. The van der Waals surface area contributed by atoms with Gasteiger partial charge in [0.05, 0.1) is 19.1 Å². The molecule has 0 aromatic heterocycles. The third-order valence-corrected chi connectivity index (χ3v) is 4.64. The van der Waals surface area contributed by atoms with Crippen molar-refractivity contribution in [1.82, 2.24) is 5.32 Å². The Kier molecular flexibility index (Phi) is 5.54. The van der Waals surface area contributed by atoms with Crippen LogP contribution in [0.5, 0.6) is 5.75 Å². The van der Waals surface area contributed by atoms with Gasteiger partial charge in [-0.3, -0.25) is 4.79 Å². The number of benzene rings is 3. The second-order valence-electron chi connectivity index (χ2n) is 6.36. The van der Waals surface area contributed by atoms with Crippen LogP contribution in [0.2, 0.25) is 0 Å². The Labute approximate surface area is 153 Å². The maximum atomic E-state index is 12.4. The van der Waals surface area contributed by atoms with Crippen molar-refractivity contribution in [3.8, 4) is 5.75 Å². The molecule has 3 rings (SSSR count). The number of hydrogen-bond donors (Lipinski definition) is 2. The van der Waals surface area contributed by atoms with Gasteiger partial charge in [0.2, 0.25) is 5.91 Å². The summed E-state index contributed by atoms with van der Waals surface area (Å²) in [5.74, 6) is 0.341. The highest BCUT2D eigenvalue weighted by Crippen LogP contribution is 2.21. The highest BCUT2D eigenvalue weighted by Gasteiger charge is 2.17. The van der Waals surface area contributed by atoms with E-state index in [9.17, 15) is 9.90 Å². The standard InChI is InChI=1S/C22H23NO3/c1-15(16-9-11-20(26-2)12-10-16)22(25)23-14-21(24)19-8-7-17-5-3-4-6-18(17)13-19/h3-13,15,21,24H,14H2,1-2H3,(H,23,25). The molecule has 0 spiro atoms. The van der Waals surface area contributed by atoms with Gasteiger partial charge in [0.25, 0.3) is 0 Å². The van der Waals surface area contributed by atoms with Gasteiger partial charge < -0.3 is 15.2 Å². The molecule has 4 heteroatoms. The van der Waals surface area contributed by atoms with Gasteiger partial charge >= 0.3 is 0 Å². The van der Waals surface area contributed by atoms with Gasteiger partial charge in [-0.1, -0.05) is 48.5 Å². The predicted molar refractivity (Wildman–Crippen MR) is 103 cm³/mol. The molecule has 0 aliphatic carbocycles. The summed E-state index contributed by atoms with van der Waals surface area (Å²) in [6.45, 7) is 2.03. The molecule has 134 valence electrons. The number of aliphatic hydroxyl groups is 1. The van der Waals surface area contributed by atoms with Gasteiger partial charge in [-0.15, -0.1) is 0 Å². The van der Waals surface area contributed by atoms with Crippen LogP contribution in [0.25, 0.3) is 10.8 Å². The molecule has 0 saturated carbocycles. The zero-order valence-corrected chi connectivity index (χ0v) is 15.0. The second-order valence-corrected chi connectivity index (χ2v) is 6.36. The molecule has 0 bridgehead atoms. The van der Waals surface area contributed by atoms with Crippen molar-refractivity contribution < 1.29 is 14.6 Å². The summed E-state index contributed by atoms with van der Waals surface area (Å²) in [6, 6.07) is 21.3. The monoisotopic (exact) mass is 349 g/mol. The lowest BCUT2D eigenvalue weighted by molar-refractivity contribution is -0.122. The number of carbonyl (C=O) groups is 1. The van der Waals surface area contributed by atoms with Crippen LogP contribution in [-0.4, -0.2) is 24.7 Å². The van der Waals surface area contributed by atoms with Crippen LogP contribution in [0.15, 0.2) is 66.7 Å². The summed E-state index contributed by atoms with van der Waals surface area (Å²) >= 11 is 0. The molecule has 1 amide bonds. The van der Waals surface area contributed by atoms with Crippen LogP contribution in [0.4, 0.5) is 0 Å². The SMILES string of the molecule is COc1ccc(C(C)C(=O)NCC(O)c2ccc3ccccc3c2)cc1. The smallest absolute Gasteiger partial charge is 0.227 e. The first-order chi connectivity index (χ1) is 12.6. The molecule has 0 heterocycles. The lowest BCUT2D eigenvalue weighted by Crippen LogP contribution is -2.31. The Hall–Kier alpha value is -2.85. The van der Waals surface area contributed by atoms with Crippen molar-refractivity contribution >= 4 is 16.7 Å². The number of hydrogen-bond acceptors (Lipinski definition) is 3. The van der Waals surface area contributed by atoms with Crippen molar-refractivity contribution in [3.05, 3.63) is 77.9 Å². The number of amides is 1. The van der Waals surface area contributed by atoms with Gasteiger partial charge in [-0.2, -0.15) is 0 Å². The fraction of sp³-hybridized carbons (Fsp3) is 0.227. The van der Waals surface area contributed by atoms with Crippen molar-refractivity contribution in [2.45, 2.75) is 18.9 Å². The van der Waals surface area contributed by atoms with E-state index in [1.807, 2.05) is 73.7 Å². The quantitative estimate of drug-likeness (QED) is 0.712. The number of nitrogens with one attached hydrogen (secondary N) is 1. The number of fused-ring (bicyclic) bond motifs is 1. The summed E-state index contributed by atoms with van der Waals surface area (Å²) in [6.07, 6.45) is -0.744. The molecule has 4 nitrogen and oxygen atoms in total. The van der Waals surface area contributed by atoms with Crippen molar-refractivity contribution in [1.29, 1.82) is 0 Å².